The Morgan fingerprint density at radius 1 is 1.05 bits per heavy atom. The molecule has 1 aliphatic heterocycles. The Bertz CT molecular complexity index is 1760. The van der Waals surface area contributed by atoms with Gasteiger partial charge in [-0.25, -0.2) is 14.3 Å². The maximum absolute atomic E-state index is 13.5. The average molecular weight is 538 g/mol. The van der Waals surface area contributed by atoms with Crippen molar-refractivity contribution in [2.45, 2.75) is 26.5 Å². The van der Waals surface area contributed by atoms with Crippen LogP contribution in [0.3, 0.4) is 0 Å². The Balaban J connectivity index is 1.25. The van der Waals surface area contributed by atoms with Gasteiger partial charge in [0.05, 0.1) is 31.1 Å². The molecular weight excluding hydrogens is 510 g/mol. The molecule has 0 saturated carbocycles. The van der Waals surface area contributed by atoms with Crippen molar-refractivity contribution in [2.24, 2.45) is 5.92 Å². The predicted molar refractivity (Wildman–Crippen MR) is 150 cm³/mol. The summed E-state index contributed by atoms with van der Waals surface area (Å²) < 4.78 is 20.6. The van der Waals surface area contributed by atoms with Crippen molar-refractivity contribution in [3.8, 4) is 28.8 Å². The minimum absolute atomic E-state index is 0.0622. The quantitative estimate of drug-likeness (QED) is 0.309. The molecule has 40 heavy (non-hydrogen) atoms. The maximum Gasteiger partial charge on any atom is 0.288 e. The molecule has 0 fully saturated rings. The SMILES string of the molecule is COc1ccc2c(Oc3ccc(NC(=O)c4c5n(n(-c6ccccc6)c4=O)C[C@H](C(C)C)O5)nc3)ccnc2c1. The number of carbonyl (C=O) groups excluding carboxylic acids is 1. The number of fused-ring (bicyclic) bond motifs is 2. The van der Waals surface area contributed by atoms with Crippen LogP contribution in [0.2, 0.25) is 0 Å². The number of anilines is 1. The number of nitrogens with one attached hydrogen (secondary N) is 1. The minimum atomic E-state index is -0.594. The molecule has 3 aromatic heterocycles. The number of aromatic nitrogens is 4. The van der Waals surface area contributed by atoms with Crippen LogP contribution in [0.1, 0.15) is 24.2 Å². The Morgan fingerprint density at radius 3 is 2.58 bits per heavy atom. The summed E-state index contributed by atoms with van der Waals surface area (Å²) in [6, 6.07) is 19.8. The molecule has 202 valence electrons. The van der Waals surface area contributed by atoms with Gasteiger partial charge in [-0.3, -0.25) is 14.6 Å². The van der Waals surface area contributed by atoms with Gasteiger partial charge < -0.3 is 19.5 Å². The van der Waals surface area contributed by atoms with Crippen molar-refractivity contribution in [1.82, 2.24) is 19.3 Å². The first-order valence-corrected chi connectivity index (χ1v) is 12.9. The van der Waals surface area contributed by atoms with Crippen LogP contribution >= 0.6 is 0 Å². The molecule has 6 rings (SSSR count). The molecule has 5 aromatic rings. The molecule has 1 aliphatic rings. The van der Waals surface area contributed by atoms with E-state index in [0.29, 0.717) is 29.5 Å². The van der Waals surface area contributed by atoms with E-state index >= 15 is 0 Å². The molecule has 0 saturated heterocycles. The lowest BCUT2D eigenvalue weighted by atomic mass is 10.1. The fourth-order valence-corrected chi connectivity index (χ4v) is 4.67. The number of hydrogen-bond acceptors (Lipinski definition) is 7. The number of methoxy groups -OCH3 is 1. The van der Waals surface area contributed by atoms with Crippen LogP contribution in [0.5, 0.6) is 23.1 Å². The first kappa shape index (κ1) is 25.2. The third kappa shape index (κ3) is 4.53. The molecule has 0 spiro atoms. The maximum atomic E-state index is 13.5. The number of hydrogen-bond donors (Lipinski definition) is 1. The number of para-hydroxylation sites is 1. The Hall–Kier alpha value is -5.12. The molecule has 1 N–H and O–H groups in total. The summed E-state index contributed by atoms with van der Waals surface area (Å²) in [5, 5.41) is 3.55. The normalized spacial score (nSPS) is 14.2. The molecule has 4 heterocycles. The third-order valence-corrected chi connectivity index (χ3v) is 6.80. The molecule has 10 heteroatoms. The molecule has 2 aromatic carbocycles. The second-order valence-electron chi connectivity index (χ2n) is 9.74. The van der Waals surface area contributed by atoms with Crippen molar-refractivity contribution >= 4 is 22.6 Å². The number of benzene rings is 2. The van der Waals surface area contributed by atoms with E-state index in [1.165, 1.54) is 10.9 Å². The lowest BCUT2D eigenvalue weighted by Gasteiger charge is -2.14. The number of amides is 1. The summed E-state index contributed by atoms with van der Waals surface area (Å²) in [6.07, 6.45) is 3.00. The van der Waals surface area contributed by atoms with Gasteiger partial charge >= 0.3 is 0 Å². The number of rotatable bonds is 7. The zero-order valence-electron chi connectivity index (χ0n) is 22.2. The van der Waals surface area contributed by atoms with E-state index in [4.69, 9.17) is 14.2 Å². The van der Waals surface area contributed by atoms with E-state index in [-0.39, 0.29) is 29.3 Å². The zero-order valence-corrected chi connectivity index (χ0v) is 22.2. The van der Waals surface area contributed by atoms with Crippen LogP contribution in [0.4, 0.5) is 5.82 Å². The largest absolute Gasteiger partial charge is 0.497 e. The second-order valence-corrected chi connectivity index (χ2v) is 9.74. The highest BCUT2D eigenvalue weighted by Crippen LogP contribution is 2.32. The van der Waals surface area contributed by atoms with E-state index in [9.17, 15) is 9.59 Å². The van der Waals surface area contributed by atoms with E-state index < -0.39 is 11.5 Å². The molecule has 0 bridgehead atoms. The Labute approximate surface area is 229 Å². The van der Waals surface area contributed by atoms with E-state index in [0.717, 1.165) is 10.9 Å². The van der Waals surface area contributed by atoms with Gasteiger partial charge in [0.1, 0.15) is 29.2 Å². The second kappa shape index (κ2) is 10.2. The third-order valence-electron chi connectivity index (χ3n) is 6.80. The van der Waals surface area contributed by atoms with Gasteiger partial charge in [-0.15, -0.1) is 0 Å². The van der Waals surface area contributed by atoms with Gasteiger partial charge in [0.15, 0.2) is 5.56 Å². The van der Waals surface area contributed by atoms with Gasteiger partial charge in [0.2, 0.25) is 5.88 Å². The van der Waals surface area contributed by atoms with Crippen molar-refractivity contribution in [2.75, 3.05) is 12.4 Å². The fraction of sp³-hybridized carbons (Fsp3) is 0.200. The van der Waals surface area contributed by atoms with Crippen molar-refractivity contribution in [1.29, 1.82) is 0 Å². The lowest BCUT2D eigenvalue weighted by molar-refractivity contribution is 0.101. The van der Waals surface area contributed by atoms with E-state index in [1.807, 2.05) is 62.4 Å². The molecular formula is C30H27N5O5. The van der Waals surface area contributed by atoms with Crippen LogP contribution in [0.15, 0.2) is 83.9 Å². The highest BCUT2D eigenvalue weighted by atomic mass is 16.5. The fourth-order valence-electron chi connectivity index (χ4n) is 4.67. The van der Waals surface area contributed by atoms with Crippen molar-refractivity contribution in [3.05, 3.63) is 95.0 Å². The predicted octanol–water partition coefficient (Wildman–Crippen LogP) is 5.05. The molecule has 0 aliphatic carbocycles. The molecule has 0 unspecified atom stereocenters. The lowest BCUT2D eigenvalue weighted by Crippen LogP contribution is -2.30. The van der Waals surface area contributed by atoms with Crippen LogP contribution in [0.25, 0.3) is 16.6 Å². The summed E-state index contributed by atoms with van der Waals surface area (Å²) in [5.41, 5.74) is 0.870. The van der Waals surface area contributed by atoms with Crippen LogP contribution < -0.4 is 25.1 Å². The van der Waals surface area contributed by atoms with Crippen molar-refractivity contribution in [3.63, 3.8) is 0 Å². The zero-order chi connectivity index (χ0) is 27.8. The summed E-state index contributed by atoms with van der Waals surface area (Å²) in [5.74, 6) is 1.91. The summed E-state index contributed by atoms with van der Waals surface area (Å²) >= 11 is 0. The smallest absolute Gasteiger partial charge is 0.288 e. The number of nitrogens with zero attached hydrogens (tertiary/aromatic N) is 4. The standard InChI is InChI=1S/C30H27N5O5/c1-18(2)25-17-34-30(40-25)27(29(37)35(34)19-7-5-4-6-8-19)28(36)33-26-12-10-21(16-32-26)39-24-13-14-31-23-15-20(38-3)9-11-22(23)24/h4-16,18,25H,17H2,1-3H3,(H,32,33,36)/t25-/m1/s1. The summed E-state index contributed by atoms with van der Waals surface area (Å²) in [7, 11) is 1.60. The molecule has 1 amide bonds. The van der Waals surface area contributed by atoms with Crippen LogP contribution in [-0.2, 0) is 6.54 Å². The average Bonchev–Trinajstić information content (AvgIpc) is 3.50. The first-order chi connectivity index (χ1) is 19.4. The first-order valence-electron chi connectivity index (χ1n) is 12.9. The van der Waals surface area contributed by atoms with Gasteiger partial charge in [-0.05, 0) is 48.4 Å². The van der Waals surface area contributed by atoms with Gasteiger partial charge in [-0.2, -0.15) is 0 Å². The monoisotopic (exact) mass is 537 g/mol. The highest BCUT2D eigenvalue weighted by molar-refractivity contribution is 6.05. The summed E-state index contributed by atoms with van der Waals surface area (Å²) in [6.45, 7) is 4.55. The van der Waals surface area contributed by atoms with Crippen LogP contribution in [0, 0.1) is 5.92 Å². The molecule has 0 radical (unpaired) electrons. The van der Waals surface area contributed by atoms with E-state index in [1.54, 1.807) is 36.2 Å². The highest BCUT2D eigenvalue weighted by Gasteiger charge is 2.36. The van der Waals surface area contributed by atoms with Gasteiger partial charge in [0, 0.05) is 17.6 Å². The van der Waals surface area contributed by atoms with E-state index in [2.05, 4.69) is 15.3 Å². The Kier molecular flexibility index (Phi) is 6.43. The molecule has 10 nitrogen and oxygen atoms in total. The Morgan fingerprint density at radius 2 is 1.85 bits per heavy atom. The van der Waals surface area contributed by atoms with Gasteiger partial charge in [-0.1, -0.05) is 32.0 Å². The topological polar surface area (TPSA) is 110 Å². The number of pyridine rings is 2. The molecule has 1 atom stereocenters. The summed E-state index contributed by atoms with van der Waals surface area (Å²) in [4.78, 5) is 35.6. The minimum Gasteiger partial charge on any atom is -0.497 e. The van der Waals surface area contributed by atoms with Crippen LogP contribution in [-0.4, -0.2) is 38.5 Å². The number of carbonyl (C=O) groups is 1. The van der Waals surface area contributed by atoms with Gasteiger partial charge in [0.25, 0.3) is 11.5 Å². The van der Waals surface area contributed by atoms with Crippen molar-refractivity contribution < 1.29 is 19.0 Å². The number of ether oxygens (including phenoxy) is 3.